The molecular weight excluding hydrogens is 280 g/mol. The van der Waals surface area contributed by atoms with Crippen LogP contribution in [0.5, 0.6) is 0 Å². The van der Waals surface area contributed by atoms with Gasteiger partial charge in [-0.25, -0.2) is 13.1 Å². The SMILES string of the molecule is Cc1[nH]nc(S(=O)(=O)NC2CCN3CCCC23)c1CO. The van der Waals surface area contributed by atoms with E-state index >= 15 is 0 Å². The number of aryl methyl sites for hydroxylation is 1. The van der Waals surface area contributed by atoms with Gasteiger partial charge in [-0.2, -0.15) is 5.10 Å². The fourth-order valence-corrected chi connectivity index (χ4v) is 4.81. The number of aromatic nitrogens is 2. The van der Waals surface area contributed by atoms with Crippen LogP contribution in [0.4, 0.5) is 0 Å². The molecule has 2 aliphatic rings. The molecule has 1 aromatic heterocycles. The Balaban J connectivity index is 1.82. The van der Waals surface area contributed by atoms with E-state index in [2.05, 4.69) is 19.8 Å². The van der Waals surface area contributed by atoms with E-state index in [1.54, 1.807) is 6.92 Å². The van der Waals surface area contributed by atoms with Gasteiger partial charge in [-0.15, -0.1) is 0 Å². The highest BCUT2D eigenvalue weighted by Gasteiger charge is 2.40. The van der Waals surface area contributed by atoms with Crippen molar-refractivity contribution in [3.63, 3.8) is 0 Å². The van der Waals surface area contributed by atoms with Gasteiger partial charge in [0.15, 0.2) is 5.03 Å². The number of rotatable bonds is 4. The molecule has 0 amide bonds. The summed E-state index contributed by atoms with van der Waals surface area (Å²) in [5.41, 5.74) is 0.931. The summed E-state index contributed by atoms with van der Waals surface area (Å²) >= 11 is 0. The van der Waals surface area contributed by atoms with Crippen LogP contribution in [-0.4, -0.2) is 53.8 Å². The molecule has 2 atom stereocenters. The Morgan fingerprint density at radius 2 is 2.25 bits per heavy atom. The van der Waals surface area contributed by atoms with Crippen molar-refractivity contribution in [1.82, 2.24) is 19.8 Å². The van der Waals surface area contributed by atoms with Gasteiger partial charge in [0.1, 0.15) is 0 Å². The van der Waals surface area contributed by atoms with E-state index in [4.69, 9.17) is 0 Å². The van der Waals surface area contributed by atoms with Crippen LogP contribution in [0.25, 0.3) is 0 Å². The number of H-pyrrole nitrogens is 1. The Morgan fingerprint density at radius 3 is 3.00 bits per heavy atom. The monoisotopic (exact) mass is 300 g/mol. The summed E-state index contributed by atoms with van der Waals surface area (Å²) in [6.45, 7) is 3.38. The molecule has 0 aliphatic carbocycles. The smallest absolute Gasteiger partial charge is 0.260 e. The largest absolute Gasteiger partial charge is 0.392 e. The van der Waals surface area contributed by atoms with Crippen molar-refractivity contribution in [2.24, 2.45) is 0 Å². The van der Waals surface area contributed by atoms with Gasteiger partial charge in [0, 0.05) is 29.9 Å². The first kappa shape index (κ1) is 14.0. The van der Waals surface area contributed by atoms with Crippen LogP contribution in [0.15, 0.2) is 5.03 Å². The first-order valence-corrected chi connectivity index (χ1v) is 8.42. The number of aliphatic hydroxyl groups is 1. The van der Waals surface area contributed by atoms with Crippen LogP contribution in [-0.2, 0) is 16.6 Å². The quantitative estimate of drug-likeness (QED) is 0.711. The zero-order chi connectivity index (χ0) is 14.3. The molecule has 7 nitrogen and oxygen atoms in total. The minimum Gasteiger partial charge on any atom is -0.392 e. The third-order valence-electron chi connectivity index (χ3n) is 4.36. The van der Waals surface area contributed by atoms with Crippen molar-refractivity contribution in [1.29, 1.82) is 0 Å². The van der Waals surface area contributed by atoms with Crippen LogP contribution < -0.4 is 4.72 Å². The Hall–Kier alpha value is -0.960. The second kappa shape index (κ2) is 5.10. The standard InChI is InChI=1S/C12H20N4O3S/c1-8-9(7-17)12(14-13-8)20(18,19)15-10-4-6-16-5-2-3-11(10)16/h10-11,15,17H,2-7H2,1H3,(H,13,14). The lowest BCUT2D eigenvalue weighted by molar-refractivity contribution is 0.277. The molecule has 0 radical (unpaired) electrons. The van der Waals surface area contributed by atoms with Crippen molar-refractivity contribution in [2.45, 2.75) is 49.9 Å². The third-order valence-corrected chi connectivity index (χ3v) is 5.82. The van der Waals surface area contributed by atoms with E-state index in [1.807, 2.05) is 0 Å². The summed E-state index contributed by atoms with van der Waals surface area (Å²) in [5.74, 6) is 0. The van der Waals surface area contributed by atoms with Crippen LogP contribution in [0, 0.1) is 6.92 Å². The lowest BCUT2D eigenvalue weighted by Crippen LogP contribution is -2.42. The molecule has 112 valence electrons. The number of sulfonamides is 1. The molecule has 3 N–H and O–H groups in total. The number of fused-ring (bicyclic) bond motifs is 1. The van der Waals surface area contributed by atoms with Crippen molar-refractivity contribution in [3.8, 4) is 0 Å². The van der Waals surface area contributed by atoms with E-state index in [9.17, 15) is 13.5 Å². The zero-order valence-electron chi connectivity index (χ0n) is 11.5. The van der Waals surface area contributed by atoms with Crippen LogP contribution in [0.1, 0.15) is 30.5 Å². The maximum absolute atomic E-state index is 12.4. The maximum atomic E-state index is 12.4. The average Bonchev–Trinajstić information content (AvgIpc) is 3.06. The molecule has 2 fully saturated rings. The minimum atomic E-state index is -3.68. The zero-order valence-corrected chi connectivity index (χ0v) is 12.3. The van der Waals surface area contributed by atoms with Crippen molar-refractivity contribution in [3.05, 3.63) is 11.3 Å². The highest BCUT2D eigenvalue weighted by atomic mass is 32.2. The van der Waals surface area contributed by atoms with Crippen LogP contribution in [0.2, 0.25) is 0 Å². The van der Waals surface area contributed by atoms with Gasteiger partial charge in [0.25, 0.3) is 10.0 Å². The fourth-order valence-electron chi connectivity index (χ4n) is 3.31. The van der Waals surface area contributed by atoms with Crippen molar-refractivity contribution < 1.29 is 13.5 Å². The molecule has 2 unspecified atom stereocenters. The fraction of sp³-hybridized carbons (Fsp3) is 0.750. The summed E-state index contributed by atoms with van der Waals surface area (Å²) in [4.78, 5) is 2.34. The molecule has 0 aromatic carbocycles. The molecule has 2 aliphatic heterocycles. The van der Waals surface area contributed by atoms with Gasteiger partial charge in [0.05, 0.1) is 6.61 Å². The van der Waals surface area contributed by atoms with E-state index in [1.165, 1.54) is 0 Å². The van der Waals surface area contributed by atoms with Gasteiger partial charge < -0.3 is 5.11 Å². The molecule has 3 rings (SSSR count). The predicted octanol–water partition coefficient (Wildman–Crippen LogP) is -0.275. The molecule has 8 heteroatoms. The number of aliphatic hydroxyl groups excluding tert-OH is 1. The summed E-state index contributed by atoms with van der Waals surface area (Å²) in [6, 6.07) is 0.258. The second-order valence-electron chi connectivity index (χ2n) is 5.55. The number of hydrogen-bond donors (Lipinski definition) is 3. The first-order valence-electron chi connectivity index (χ1n) is 6.94. The van der Waals surface area contributed by atoms with Crippen molar-refractivity contribution >= 4 is 10.0 Å². The molecule has 2 saturated heterocycles. The first-order chi connectivity index (χ1) is 9.53. The van der Waals surface area contributed by atoms with Gasteiger partial charge in [0.2, 0.25) is 0 Å². The topological polar surface area (TPSA) is 98.3 Å². The number of hydrogen-bond acceptors (Lipinski definition) is 5. The molecule has 20 heavy (non-hydrogen) atoms. The highest BCUT2D eigenvalue weighted by molar-refractivity contribution is 7.89. The number of nitrogens with zero attached hydrogens (tertiary/aromatic N) is 2. The molecule has 1 aromatic rings. The van der Waals surface area contributed by atoms with Crippen LogP contribution >= 0.6 is 0 Å². The summed E-state index contributed by atoms with van der Waals surface area (Å²) in [6.07, 6.45) is 3.01. The second-order valence-corrected chi connectivity index (χ2v) is 7.18. The predicted molar refractivity (Wildman–Crippen MR) is 72.6 cm³/mol. The molecule has 3 heterocycles. The van der Waals surface area contributed by atoms with E-state index < -0.39 is 10.0 Å². The average molecular weight is 300 g/mol. The number of aromatic amines is 1. The third kappa shape index (κ3) is 2.26. The van der Waals surface area contributed by atoms with Gasteiger partial charge in [-0.1, -0.05) is 0 Å². The molecule has 0 spiro atoms. The normalized spacial score (nSPS) is 27.1. The van der Waals surface area contributed by atoms with Crippen molar-refractivity contribution in [2.75, 3.05) is 13.1 Å². The molecular formula is C12H20N4O3S. The highest BCUT2D eigenvalue weighted by Crippen LogP contribution is 2.29. The Morgan fingerprint density at radius 1 is 1.45 bits per heavy atom. The lowest BCUT2D eigenvalue weighted by Gasteiger charge is -2.20. The molecule has 0 saturated carbocycles. The molecule has 0 bridgehead atoms. The van der Waals surface area contributed by atoms with Gasteiger partial charge in [-0.05, 0) is 32.7 Å². The Kier molecular flexibility index (Phi) is 3.57. The Labute approximate surface area is 118 Å². The minimum absolute atomic E-state index is 0.0500. The van der Waals surface area contributed by atoms with E-state index in [0.29, 0.717) is 17.3 Å². The maximum Gasteiger partial charge on any atom is 0.260 e. The lowest BCUT2D eigenvalue weighted by atomic mass is 10.1. The van der Waals surface area contributed by atoms with Gasteiger partial charge >= 0.3 is 0 Å². The number of nitrogens with one attached hydrogen (secondary N) is 2. The van der Waals surface area contributed by atoms with E-state index in [0.717, 1.165) is 32.4 Å². The summed E-state index contributed by atoms with van der Waals surface area (Å²) < 4.78 is 27.7. The van der Waals surface area contributed by atoms with E-state index in [-0.39, 0.29) is 17.7 Å². The van der Waals surface area contributed by atoms with Crippen LogP contribution in [0.3, 0.4) is 0 Å². The van der Waals surface area contributed by atoms with Gasteiger partial charge in [-0.3, -0.25) is 10.00 Å². The Bertz CT molecular complexity index is 598. The summed E-state index contributed by atoms with van der Waals surface area (Å²) in [7, 11) is -3.68. The summed E-state index contributed by atoms with van der Waals surface area (Å²) in [5, 5.41) is 15.7.